The maximum Gasteiger partial charge on any atom is 0.317 e. The van der Waals surface area contributed by atoms with E-state index in [-0.39, 0.29) is 6.03 Å². The van der Waals surface area contributed by atoms with Crippen molar-refractivity contribution in [3.8, 4) is 0 Å². The van der Waals surface area contributed by atoms with Crippen LogP contribution in [0.3, 0.4) is 0 Å². The smallest absolute Gasteiger partial charge is 0.317 e. The van der Waals surface area contributed by atoms with Crippen molar-refractivity contribution in [2.75, 3.05) is 13.6 Å². The molecular formula is C12H19N3O. The van der Waals surface area contributed by atoms with Crippen molar-refractivity contribution in [3.05, 3.63) is 35.4 Å². The summed E-state index contributed by atoms with van der Waals surface area (Å²) in [6.45, 7) is 3.71. The zero-order valence-corrected chi connectivity index (χ0v) is 9.86. The molecule has 0 unspecified atom stereocenters. The second-order valence-electron chi connectivity index (χ2n) is 3.70. The van der Waals surface area contributed by atoms with Crippen molar-refractivity contribution in [2.45, 2.75) is 20.0 Å². The Balaban J connectivity index is 2.51. The number of rotatable bonds is 4. The van der Waals surface area contributed by atoms with Gasteiger partial charge in [-0.25, -0.2) is 4.79 Å². The van der Waals surface area contributed by atoms with Gasteiger partial charge in [0.05, 0.1) is 0 Å². The molecule has 0 saturated heterocycles. The van der Waals surface area contributed by atoms with E-state index in [4.69, 9.17) is 5.73 Å². The van der Waals surface area contributed by atoms with E-state index >= 15 is 0 Å². The maximum absolute atomic E-state index is 11.5. The quantitative estimate of drug-likeness (QED) is 0.805. The van der Waals surface area contributed by atoms with Gasteiger partial charge >= 0.3 is 6.03 Å². The van der Waals surface area contributed by atoms with Gasteiger partial charge in [-0.3, -0.25) is 0 Å². The number of nitrogens with two attached hydrogens (primary N) is 1. The normalized spacial score (nSPS) is 9.94. The lowest BCUT2D eigenvalue weighted by molar-refractivity contribution is 0.210. The van der Waals surface area contributed by atoms with Gasteiger partial charge in [-0.1, -0.05) is 24.3 Å². The number of hydrogen-bond acceptors (Lipinski definition) is 2. The molecular weight excluding hydrogens is 202 g/mol. The lowest BCUT2D eigenvalue weighted by Crippen LogP contribution is -2.36. The van der Waals surface area contributed by atoms with Gasteiger partial charge in [0.25, 0.3) is 0 Å². The Bertz CT molecular complexity index is 352. The van der Waals surface area contributed by atoms with Gasteiger partial charge in [0.15, 0.2) is 0 Å². The van der Waals surface area contributed by atoms with Crippen LogP contribution in [0.15, 0.2) is 24.3 Å². The van der Waals surface area contributed by atoms with Crippen molar-refractivity contribution >= 4 is 6.03 Å². The van der Waals surface area contributed by atoms with Crippen molar-refractivity contribution in [3.63, 3.8) is 0 Å². The molecule has 1 aromatic carbocycles. The van der Waals surface area contributed by atoms with E-state index in [1.54, 1.807) is 11.9 Å². The molecule has 4 nitrogen and oxygen atoms in total. The number of nitrogens with one attached hydrogen (secondary N) is 1. The fourth-order valence-electron chi connectivity index (χ4n) is 1.32. The number of amides is 2. The molecule has 88 valence electrons. The number of benzene rings is 1. The van der Waals surface area contributed by atoms with Gasteiger partial charge in [0, 0.05) is 26.7 Å². The van der Waals surface area contributed by atoms with E-state index in [1.165, 1.54) is 0 Å². The van der Waals surface area contributed by atoms with Gasteiger partial charge < -0.3 is 16.0 Å². The second-order valence-corrected chi connectivity index (χ2v) is 3.70. The largest absolute Gasteiger partial charge is 0.334 e. The first kappa shape index (κ1) is 12.5. The van der Waals surface area contributed by atoms with E-state index in [9.17, 15) is 4.79 Å². The summed E-state index contributed by atoms with van der Waals surface area (Å²) in [7, 11) is 1.77. The van der Waals surface area contributed by atoms with Gasteiger partial charge in [-0.05, 0) is 18.1 Å². The molecule has 1 rings (SSSR count). The van der Waals surface area contributed by atoms with E-state index < -0.39 is 0 Å². The zero-order valence-electron chi connectivity index (χ0n) is 9.86. The Morgan fingerprint density at radius 3 is 2.75 bits per heavy atom. The molecule has 0 aliphatic heterocycles. The third kappa shape index (κ3) is 3.55. The second kappa shape index (κ2) is 6.12. The summed E-state index contributed by atoms with van der Waals surface area (Å²) in [6, 6.07) is 7.86. The number of urea groups is 1. The first-order valence-corrected chi connectivity index (χ1v) is 5.44. The van der Waals surface area contributed by atoms with Crippen LogP contribution in [0.4, 0.5) is 4.79 Å². The molecule has 0 bridgehead atoms. The Labute approximate surface area is 96.4 Å². The van der Waals surface area contributed by atoms with Crippen LogP contribution in [0.2, 0.25) is 0 Å². The predicted molar refractivity (Wildman–Crippen MR) is 64.9 cm³/mol. The fourth-order valence-corrected chi connectivity index (χ4v) is 1.32. The molecule has 16 heavy (non-hydrogen) atoms. The summed E-state index contributed by atoms with van der Waals surface area (Å²) >= 11 is 0. The minimum absolute atomic E-state index is 0.0550. The first-order valence-electron chi connectivity index (χ1n) is 5.44. The lowest BCUT2D eigenvalue weighted by Gasteiger charge is -2.15. The monoisotopic (exact) mass is 221 g/mol. The topological polar surface area (TPSA) is 58.4 Å². The number of nitrogens with zero attached hydrogens (tertiary/aromatic N) is 1. The van der Waals surface area contributed by atoms with Crippen LogP contribution in [-0.2, 0) is 13.1 Å². The van der Waals surface area contributed by atoms with Crippen molar-refractivity contribution in [1.29, 1.82) is 0 Å². The molecule has 3 N–H and O–H groups in total. The van der Waals surface area contributed by atoms with E-state index in [1.807, 2.05) is 31.2 Å². The molecule has 0 spiro atoms. The molecule has 0 aliphatic rings. The zero-order chi connectivity index (χ0) is 12.0. The van der Waals surface area contributed by atoms with Crippen molar-refractivity contribution in [2.24, 2.45) is 5.73 Å². The molecule has 4 heteroatoms. The SMILES string of the molecule is CCN(C)C(=O)NCc1cccc(CN)c1. The van der Waals surface area contributed by atoms with Crippen LogP contribution in [0.25, 0.3) is 0 Å². The summed E-state index contributed by atoms with van der Waals surface area (Å²) in [4.78, 5) is 13.1. The van der Waals surface area contributed by atoms with E-state index in [2.05, 4.69) is 5.32 Å². The number of carbonyl (C=O) groups excluding carboxylic acids is 1. The molecule has 0 fully saturated rings. The maximum atomic E-state index is 11.5. The minimum Gasteiger partial charge on any atom is -0.334 e. The molecule has 0 saturated carbocycles. The highest BCUT2D eigenvalue weighted by Gasteiger charge is 2.04. The Kier molecular flexibility index (Phi) is 4.79. The van der Waals surface area contributed by atoms with Gasteiger partial charge in [0.2, 0.25) is 0 Å². The number of hydrogen-bond donors (Lipinski definition) is 2. The Morgan fingerprint density at radius 1 is 1.44 bits per heavy atom. The minimum atomic E-state index is -0.0550. The first-order chi connectivity index (χ1) is 7.67. The average molecular weight is 221 g/mol. The molecule has 0 aliphatic carbocycles. The van der Waals surface area contributed by atoms with Gasteiger partial charge in [-0.15, -0.1) is 0 Å². The molecule has 1 aromatic rings. The highest BCUT2D eigenvalue weighted by Crippen LogP contribution is 2.04. The summed E-state index contributed by atoms with van der Waals surface area (Å²) < 4.78 is 0. The van der Waals surface area contributed by atoms with Crippen LogP contribution in [-0.4, -0.2) is 24.5 Å². The fraction of sp³-hybridized carbons (Fsp3) is 0.417. The molecule has 0 radical (unpaired) electrons. The van der Waals surface area contributed by atoms with Crippen LogP contribution in [0.5, 0.6) is 0 Å². The van der Waals surface area contributed by atoms with Crippen molar-refractivity contribution in [1.82, 2.24) is 10.2 Å². The molecule has 0 heterocycles. The highest BCUT2D eigenvalue weighted by atomic mass is 16.2. The summed E-state index contributed by atoms with van der Waals surface area (Å²) in [5.41, 5.74) is 7.70. The lowest BCUT2D eigenvalue weighted by atomic mass is 10.1. The third-order valence-corrected chi connectivity index (χ3v) is 2.49. The molecule has 0 atom stereocenters. The van der Waals surface area contributed by atoms with Crippen molar-refractivity contribution < 1.29 is 4.79 Å². The predicted octanol–water partition coefficient (Wildman–Crippen LogP) is 1.31. The highest BCUT2D eigenvalue weighted by molar-refractivity contribution is 5.73. The van der Waals surface area contributed by atoms with E-state index in [0.29, 0.717) is 19.6 Å². The molecule has 0 aromatic heterocycles. The Hall–Kier alpha value is -1.55. The van der Waals surface area contributed by atoms with Crippen LogP contribution < -0.4 is 11.1 Å². The van der Waals surface area contributed by atoms with E-state index in [0.717, 1.165) is 11.1 Å². The van der Waals surface area contributed by atoms with Crippen LogP contribution in [0.1, 0.15) is 18.1 Å². The van der Waals surface area contributed by atoms with Gasteiger partial charge in [0.1, 0.15) is 0 Å². The van der Waals surface area contributed by atoms with Crippen LogP contribution in [0, 0.1) is 0 Å². The third-order valence-electron chi connectivity index (χ3n) is 2.49. The summed E-state index contributed by atoms with van der Waals surface area (Å²) in [6.07, 6.45) is 0. The standard InChI is InChI=1S/C12H19N3O/c1-3-15(2)12(16)14-9-11-6-4-5-10(7-11)8-13/h4-7H,3,8-9,13H2,1-2H3,(H,14,16). The van der Waals surface area contributed by atoms with Crippen LogP contribution >= 0.6 is 0 Å². The molecule has 2 amide bonds. The Morgan fingerprint density at radius 2 is 2.12 bits per heavy atom. The summed E-state index contributed by atoms with van der Waals surface area (Å²) in [5.74, 6) is 0. The average Bonchev–Trinajstić information content (AvgIpc) is 2.35. The van der Waals surface area contributed by atoms with Gasteiger partial charge in [-0.2, -0.15) is 0 Å². The summed E-state index contributed by atoms with van der Waals surface area (Å²) in [5, 5.41) is 2.85. The number of carbonyl (C=O) groups is 1.